The smallest absolute Gasteiger partial charge is 0.255 e. The molecule has 3 aliphatic rings. The Bertz CT molecular complexity index is 752. The van der Waals surface area contributed by atoms with Crippen LogP contribution in [0.3, 0.4) is 0 Å². The molecule has 0 spiro atoms. The van der Waals surface area contributed by atoms with Crippen molar-refractivity contribution in [3.05, 3.63) is 23.3 Å². The number of aliphatic hydroxyl groups is 1. The summed E-state index contributed by atoms with van der Waals surface area (Å²) in [5, 5.41) is 13.7. The second kappa shape index (κ2) is 10.6. The maximum atomic E-state index is 13.0. The standard InChI is InChI=1S/C23H34N2O6/c1-28-15-16-10-19(22-21(11-16)30-8-3-9-31-22)23(27)24-12-17-5-6-25(14-20(17)26)13-18-4-2-7-29-18/h10-11,17-18,20,26H,2-9,12-15H2,1H3,(H,24,27)/t17-,18?,20+/m0/s1. The highest BCUT2D eigenvalue weighted by Crippen LogP contribution is 2.35. The molecule has 0 aromatic heterocycles. The largest absolute Gasteiger partial charge is 0.490 e. The number of rotatable bonds is 7. The predicted octanol–water partition coefficient (Wildman–Crippen LogP) is 1.59. The Morgan fingerprint density at radius 3 is 2.87 bits per heavy atom. The van der Waals surface area contributed by atoms with Gasteiger partial charge in [-0.2, -0.15) is 0 Å². The molecule has 1 unspecified atom stereocenters. The number of nitrogens with one attached hydrogen (secondary N) is 1. The van der Waals surface area contributed by atoms with Crippen molar-refractivity contribution < 1.29 is 28.8 Å². The van der Waals surface area contributed by atoms with Gasteiger partial charge in [0, 0.05) is 45.7 Å². The van der Waals surface area contributed by atoms with Gasteiger partial charge < -0.3 is 29.4 Å². The third kappa shape index (κ3) is 5.68. The number of β-amino-alcohol motifs (C(OH)–C–C–N with tert-alkyl or cyclic N) is 1. The van der Waals surface area contributed by atoms with E-state index in [0.717, 1.165) is 50.9 Å². The number of piperidine rings is 1. The molecule has 0 saturated carbocycles. The molecule has 172 valence electrons. The van der Waals surface area contributed by atoms with Crippen LogP contribution < -0.4 is 14.8 Å². The Morgan fingerprint density at radius 1 is 1.23 bits per heavy atom. The number of aliphatic hydroxyl groups excluding tert-OH is 1. The number of benzene rings is 1. The van der Waals surface area contributed by atoms with Crippen molar-refractivity contribution in [2.45, 2.75) is 44.5 Å². The third-order valence-corrected chi connectivity index (χ3v) is 6.28. The Morgan fingerprint density at radius 2 is 2.10 bits per heavy atom. The average molecular weight is 435 g/mol. The first kappa shape index (κ1) is 22.3. The molecular weight excluding hydrogens is 400 g/mol. The van der Waals surface area contributed by atoms with E-state index in [1.807, 2.05) is 6.07 Å². The van der Waals surface area contributed by atoms with Gasteiger partial charge in [0.1, 0.15) is 0 Å². The molecule has 1 amide bonds. The molecule has 3 aliphatic heterocycles. The monoisotopic (exact) mass is 434 g/mol. The lowest BCUT2D eigenvalue weighted by molar-refractivity contribution is -0.00191. The van der Waals surface area contributed by atoms with Crippen LogP contribution >= 0.6 is 0 Å². The van der Waals surface area contributed by atoms with E-state index in [1.54, 1.807) is 13.2 Å². The first-order valence-electron chi connectivity index (χ1n) is 11.4. The minimum Gasteiger partial charge on any atom is -0.490 e. The van der Waals surface area contributed by atoms with Gasteiger partial charge >= 0.3 is 0 Å². The van der Waals surface area contributed by atoms with Crippen LogP contribution in [0.1, 0.15) is 41.6 Å². The van der Waals surface area contributed by atoms with Gasteiger partial charge in [0.2, 0.25) is 0 Å². The lowest BCUT2D eigenvalue weighted by atomic mass is 9.93. The average Bonchev–Trinajstić information content (AvgIpc) is 3.15. The Balaban J connectivity index is 1.35. The maximum Gasteiger partial charge on any atom is 0.255 e. The zero-order chi connectivity index (χ0) is 21.6. The highest BCUT2D eigenvalue weighted by Gasteiger charge is 2.30. The Labute approximate surface area is 183 Å². The lowest BCUT2D eigenvalue weighted by Crippen LogP contribution is -2.49. The van der Waals surface area contributed by atoms with Crippen molar-refractivity contribution in [2.24, 2.45) is 5.92 Å². The molecule has 0 aliphatic carbocycles. The molecule has 2 saturated heterocycles. The second-order valence-electron chi connectivity index (χ2n) is 8.67. The van der Waals surface area contributed by atoms with Gasteiger partial charge in [0.05, 0.1) is 37.6 Å². The molecule has 31 heavy (non-hydrogen) atoms. The van der Waals surface area contributed by atoms with Crippen molar-refractivity contribution in [3.63, 3.8) is 0 Å². The van der Waals surface area contributed by atoms with Crippen molar-refractivity contribution in [1.29, 1.82) is 0 Å². The highest BCUT2D eigenvalue weighted by molar-refractivity contribution is 5.98. The van der Waals surface area contributed by atoms with Crippen LogP contribution in [0.15, 0.2) is 12.1 Å². The molecule has 2 N–H and O–H groups in total. The number of nitrogens with zero attached hydrogens (tertiary/aromatic N) is 1. The summed E-state index contributed by atoms with van der Waals surface area (Å²) in [4.78, 5) is 15.3. The van der Waals surface area contributed by atoms with E-state index < -0.39 is 6.10 Å². The van der Waals surface area contributed by atoms with E-state index in [1.165, 1.54) is 0 Å². The molecule has 1 aromatic rings. The Hall–Kier alpha value is -1.87. The van der Waals surface area contributed by atoms with Crippen molar-refractivity contribution in [1.82, 2.24) is 10.2 Å². The SMILES string of the molecule is COCc1cc2c(c(C(=O)NC[C@@H]3CCN(CC4CCCO4)C[C@H]3O)c1)OCCCO2. The number of ether oxygens (including phenoxy) is 4. The van der Waals surface area contributed by atoms with E-state index >= 15 is 0 Å². The minimum atomic E-state index is -0.466. The van der Waals surface area contributed by atoms with Gasteiger partial charge in [-0.05, 0) is 43.5 Å². The summed E-state index contributed by atoms with van der Waals surface area (Å²) >= 11 is 0. The maximum absolute atomic E-state index is 13.0. The van der Waals surface area contributed by atoms with E-state index in [4.69, 9.17) is 18.9 Å². The zero-order valence-corrected chi connectivity index (χ0v) is 18.3. The number of fused-ring (bicyclic) bond motifs is 1. The third-order valence-electron chi connectivity index (χ3n) is 6.28. The van der Waals surface area contributed by atoms with Gasteiger partial charge in [-0.25, -0.2) is 0 Å². The Kier molecular flexibility index (Phi) is 7.66. The first-order valence-corrected chi connectivity index (χ1v) is 11.4. The van der Waals surface area contributed by atoms with Gasteiger partial charge in [0.15, 0.2) is 11.5 Å². The van der Waals surface area contributed by atoms with Crippen LogP contribution in [0.5, 0.6) is 11.5 Å². The molecule has 0 bridgehead atoms. The van der Waals surface area contributed by atoms with Gasteiger partial charge in [-0.1, -0.05) is 0 Å². The fourth-order valence-electron chi connectivity index (χ4n) is 4.59. The summed E-state index contributed by atoms with van der Waals surface area (Å²) < 4.78 is 22.6. The molecule has 0 radical (unpaired) electrons. The number of methoxy groups -OCH3 is 1. The summed E-state index contributed by atoms with van der Waals surface area (Å²) in [6.45, 7) is 5.14. The molecule has 3 heterocycles. The molecule has 2 fully saturated rings. The van der Waals surface area contributed by atoms with E-state index in [0.29, 0.717) is 56.1 Å². The number of hydrogen-bond donors (Lipinski definition) is 2. The van der Waals surface area contributed by atoms with Gasteiger partial charge in [-0.15, -0.1) is 0 Å². The van der Waals surface area contributed by atoms with E-state index in [9.17, 15) is 9.90 Å². The number of amides is 1. The van der Waals surface area contributed by atoms with Gasteiger partial charge in [-0.3, -0.25) is 9.69 Å². The van der Waals surface area contributed by atoms with Gasteiger partial charge in [0.25, 0.3) is 5.91 Å². The molecule has 8 heteroatoms. The molecular formula is C23H34N2O6. The topological polar surface area (TPSA) is 89.5 Å². The predicted molar refractivity (Wildman–Crippen MR) is 115 cm³/mol. The zero-order valence-electron chi connectivity index (χ0n) is 18.3. The number of carbonyl (C=O) groups is 1. The molecule has 1 aromatic carbocycles. The van der Waals surface area contributed by atoms with Crippen molar-refractivity contribution in [3.8, 4) is 11.5 Å². The summed E-state index contributed by atoms with van der Waals surface area (Å²) in [6, 6.07) is 3.67. The summed E-state index contributed by atoms with van der Waals surface area (Å²) in [5.41, 5.74) is 1.32. The fraction of sp³-hybridized carbons (Fsp3) is 0.696. The highest BCUT2D eigenvalue weighted by atomic mass is 16.5. The molecule has 3 atom stereocenters. The summed E-state index contributed by atoms with van der Waals surface area (Å²) in [6.07, 6.45) is 3.67. The van der Waals surface area contributed by atoms with Crippen LogP contribution in [0.25, 0.3) is 0 Å². The van der Waals surface area contributed by atoms with Crippen LogP contribution in [0.2, 0.25) is 0 Å². The van der Waals surface area contributed by atoms with E-state index in [-0.39, 0.29) is 11.8 Å². The number of hydrogen-bond acceptors (Lipinski definition) is 7. The lowest BCUT2D eigenvalue weighted by Gasteiger charge is -2.37. The van der Waals surface area contributed by atoms with Crippen LogP contribution in [-0.4, -0.2) is 81.2 Å². The summed E-state index contributed by atoms with van der Waals surface area (Å²) in [5.74, 6) is 0.887. The quantitative estimate of drug-likeness (QED) is 0.674. The van der Waals surface area contributed by atoms with Crippen LogP contribution in [-0.2, 0) is 16.1 Å². The van der Waals surface area contributed by atoms with Crippen molar-refractivity contribution in [2.75, 3.05) is 53.1 Å². The van der Waals surface area contributed by atoms with E-state index in [2.05, 4.69) is 10.2 Å². The molecule has 4 rings (SSSR count). The number of carbonyl (C=O) groups excluding carboxylic acids is 1. The van der Waals surface area contributed by atoms with Crippen LogP contribution in [0, 0.1) is 5.92 Å². The fourth-order valence-corrected chi connectivity index (χ4v) is 4.59. The van der Waals surface area contributed by atoms with Crippen molar-refractivity contribution >= 4 is 5.91 Å². The first-order chi connectivity index (χ1) is 15.1. The number of likely N-dealkylation sites (tertiary alicyclic amines) is 1. The molecule has 8 nitrogen and oxygen atoms in total. The minimum absolute atomic E-state index is 0.0302. The second-order valence-corrected chi connectivity index (χ2v) is 8.67. The van der Waals surface area contributed by atoms with Crippen LogP contribution in [0.4, 0.5) is 0 Å². The summed E-state index contributed by atoms with van der Waals surface area (Å²) in [7, 11) is 1.62. The normalized spacial score (nSPS) is 26.5.